The Morgan fingerprint density at radius 2 is 2.00 bits per heavy atom. The maximum atomic E-state index is 12.4. The van der Waals surface area contributed by atoms with Crippen molar-refractivity contribution in [2.24, 2.45) is 5.92 Å². The van der Waals surface area contributed by atoms with E-state index in [-0.39, 0.29) is 24.0 Å². The van der Waals surface area contributed by atoms with Gasteiger partial charge in [-0.15, -0.1) is 5.10 Å². The number of likely N-dealkylation sites (tertiary alicyclic amines) is 1. The van der Waals surface area contributed by atoms with Crippen LogP contribution in [0.25, 0.3) is 0 Å². The summed E-state index contributed by atoms with van der Waals surface area (Å²) in [6.07, 6.45) is 9.05. The molecule has 1 aliphatic carbocycles. The Labute approximate surface area is 161 Å². The number of rotatable bonds is 7. The summed E-state index contributed by atoms with van der Waals surface area (Å²) < 4.78 is 1.69. The molecule has 0 aromatic carbocycles. The standard InChI is InChI=1S/C19H32N6O2/c1-14(2)9-10-20-19(27)25-11-5-8-16(25)12-24-13-17(22-23-24)18(26)21-15-6-3-4-7-15/h13-16H,3-12H2,1-2H3,(H,20,27)(H,21,26)/t16-/m0/s1. The summed E-state index contributed by atoms with van der Waals surface area (Å²) in [6, 6.07) is 0.358. The second-order valence-electron chi connectivity index (χ2n) is 8.18. The minimum atomic E-state index is -0.150. The fourth-order valence-corrected chi connectivity index (χ4v) is 3.90. The Morgan fingerprint density at radius 1 is 1.22 bits per heavy atom. The van der Waals surface area contributed by atoms with Gasteiger partial charge >= 0.3 is 6.03 Å². The fourth-order valence-electron chi connectivity index (χ4n) is 3.90. The summed E-state index contributed by atoms with van der Waals surface area (Å²) in [4.78, 5) is 26.6. The molecule has 2 N–H and O–H groups in total. The zero-order valence-corrected chi connectivity index (χ0v) is 16.5. The van der Waals surface area contributed by atoms with Gasteiger partial charge < -0.3 is 15.5 Å². The monoisotopic (exact) mass is 376 g/mol. The average Bonchev–Trinajstić information content (AvgIpc) is 3.36. The van der Waals surface area contributed by atoms with E-state index in [1.54, 1.807) is 10.9 Å². The van der Waals surface area contributed by atoms with Crippen LogP contribution in [-0.2, 0) is 6.54 Å². The normalized spacial score (nSPS) is 20.4. The van der Waals surface area contributed by atoms with Crippen LogP contribution in [0.4, 0.5) is 4.79 Å². The van der Waals surface area contributed by atoms with Gasteiger partial charge in [0.1, 0.15) is 0 Å². The number of aromatic nitrogens is 3. The van der Waals surface area contributed by atoms with Gasteiger partial charge in [0.05, 0.1) is 18.8 Å². The van der Waals surface area contributed by atoms with E-state index in [2.05, 4.69) is 34.8 Å². The second-order valence-corrected chi connectivity index (χ2v) is 8.18. The van der Waals surface area contributed by atoms with Gasteiger partial charge in [-0.3, -0.25) is 4.79 Å². The van der Waals surface area contributed by atoms with Crippen molar-refractivity contribution < 1.29 is 9.59 Å². The molecule has 1 saturated heterocycles. The van der Waals surface area contributed by atoms with Crippen LogP contribution >= 0.6 is 0 Å². The molecule has 2 heterocycles. The smallest absolute Gasteiger partial charge is 0.317 e. The lowest BCUT2D eigenvalue weighted by Crippen LogP contribution is -2.44. The highest BCUT2D eigenvalue weighted by Crippen LogP contribution is 2.20. The summed E-state index contributed by atoms with van der Waals surface area (Å²) in [7, 11) is 0. The molecular formula is C19H32N6O2. The summed E-state index contributed by atoms with van der Waals surface area (Å²) in [5.74, 6) is 0.423. The lowest BCUT2D eigenvalue weighted by atomic mass is 10.1. The zero-order valence-electron chi connectivity index (χ0n) is 16.5. The van der Waals surface area contributed by atoms with Crippen LogP contribution in [0, 0.1) is 5.92 Å². The van der Waals surface area contributed by atoms with Crippen LogP contribution in [0.2, 0.25) is 0 Å². The van der Waals surface area contributed by atoms with Crippen molar-refractivity contribution in [2.75, 3.05) is 13.1 Å². The van der Waals surface area contributed by atoms with Crippen LogP contribution < -0.4 is 10.6 Å². The van der Waals surface area contributed by atoms with E-state index >= 15 is 0 Å². The van der Waals surface area contributed by atoms with E-state index in [0.29, 0.717) is 24.7 Å². The van der Waals surface area contributed by atoms with Gasteiger partial charge in [-0.1, -0.05) is 31.9 Å². The molecular weight excluding hydrogens is 344 g/mol. The molecule has 1 aromatic heterocycles. The highest BCUT2D eigenvalue weighted by Gasteiger charge is 2.29. The topological polar surface area (TPSA) is 92.2 Å². The van der Waals surface area contributed by atoms with E-state index in [4.69, 9.17) is 0 Å². The average molecular weight is 377 g/mol. The lowest BCUT2D eigenvalue weighted by molar-refractivity contribution is 0.0932. The molecule has 1 aromatic rings. The Balaban J connectivity index is 1.51. The van der Waals surface area contributed by atoms with Crippen molar-refractivity contribution in [3.05, 3.63) is 11.9 Å². The van der Waals surface area contributed by atoms with E-state index in [9.17, 15) is 9.59 Å². The van der Waals surface area contributed by atoms with E-state index in [1.165, 1.54) is 12.8 Å². The molecule has 8 nitrogen and oxygen atoms in total. The van der Waals surface area contributed by atoms with Crippen LogP contribution in [0.3, 0.4) is 0 Å². The number of carbonyl (C=O) groups excluding carboxylic acids is 2. The number of carbonyl (C=O) groups is 2. The third-order valence-electron chi connectivity index (χ3n) is 5.50. The predicted octanol–water partition coefficient (Wildman–Crippen LogP) is 2.17. The van der Waals surface area contributed by atoms with Crippen molar-refractivity contribution in [1.82, 2.24) is 30.5 Å². The molecule has 2 aliphatic rings. The molecule has 1 saturated carbocycles. The Kier molecular flexibility index (Phi) is 6.68. The predicted molar refractivity (Wildman–Crippen MR) is 102 cm³/mol. The van der Waals surface area contributed by atoms with Gasteiger partial charge in [0.15, 0.2) is 5.69 Å². The van der Waals surface area contributed by atoms with Crippen LogP contribution in [-0.4, -0.2) is 57.0 Å². The summed E-state index contributed by atoms with van der Waals surface area (Å²) in [5, 5.41) is 14.2. The molecule has 3 amide bonds. The van der Waals surface area contributed by atoms with E-state index in [0.717, 1.165) is 38.6 Å². The minimum absolute atomic E-state index is 0.00235. The molecule has 1 atom stereocenters. The molecule has 0 bridgehead atoms. The van der Waals surface area contributed by atoms with Crippen molar-refractivity contribution in [3.8, 4) is 0 Å². The number of hydrogen-bond donors (Lipinski definition) is 2. The van der Waals surface area contributed by atoms with Gasteiger partial charge in [-0.05, 0) is 38.0 Å². The molecule has 27 heavy (non-hydrogen) atoms. The largest absolute Gasteiger partial charge is 0.348 e. The van der Waals surface area contributed by atoms with Crippen molar-refractivity contribution >= 4 is 11.9 Å². The van der Waals surface area contributed by atoms with E-state index in [1.807, 2.05) is 4.90 Å². The maximum absolute atomic E-state index is 12.4. The summed E-state index contributed by atoms with van der Waals surface area (Å²) in [5.41, 5.74) is 0.354. The molecule has 150 valence electrons. The van der Waals surface area contributed by atoms with Gasteiger partial charge in [0.25, 0.3) is 5.91 Å². The third kappa shape index (κ3) is 5.43. The van der Waals surface area contributed by atoms with Crippen LogP contribution in [0.1, 0.15) is 69.3 Å². The van der Waals surface area contributed by atoms with Gasteiger partial charge in [-0.2, -0.15) is 0 Å². The molecule has 2 fully saturated rings. The molecule has 3 rings (SSSR count). The zero-order chi connectivity index (χ0) is 19.2. The Bertz CT molecular complexity index is 638. The summed E-state index contributed by atoms with van der Waals surface area (Å²) in [6.45, 7) is 6.34. The van der Waals surface area contributed by atoms with E-state index < -0.39 is 0 Å². The number of hydrogen-bond acceptors (Lipinski definition) is 4. The van der Waals surface area contributed by atoms with Crippen molar-refractivity contribution in [2.45, 2.75) is 77.4 Å². The first-order valence-electron chi connectivity index (χ1n) is 10.3. The van der Waals surface area contributed by atoms with Gasteiger partial charge in [0.2, 0.25) is 0 Å². The molecule has 0 spiro atoms. The first kappa shape index (κ1) is 19.6. The quantitative estimate of drug-likeness (QED) is 0.763. The Morgan fingerprint density at radius 3 is 2.74 bits per heavy atom. The SMILES string of the molecule is CC(C)CCNC(=O)N1CCC[C@H]1Cn1cc(C(=O)NC2CCCC2)nn1. The fraction of sp³-hybridized carbons (Fsp3) is 0.789. The Hall–Kier alpha value is -2.12. The minimum Gasteiger partial charge on any atom is -0.348 e. The molecule has 1 aliphatic heterocycles. The van der Waals surface area contributed by atoms with Crippen LogP contribution in [0.15, 0.2) is 6.20 Å². The summed E-state index contributed by atoms with van der Waals surface area (Å²) >= 11 is 0. The van der Waals surface area contributed by atoms with Gasteiger partial charge in [0, 0.05) is 19.1 Å². The number of amides is 3. The maximum Gasteiger partial charge on any atom is 0.317 e. The highest BCUT2D eigenvalue weighted by molar-refractivity contribution is 5.92. The first-order valence-corrected chi connectivity index (χ1v) is 10.3. The second kappa shape index (κ2) is 9.19. The third-order valence-corrected chi connectivity index (χ3v) is 5.50. The highest BCUT2D eigenvalue weighted by atomic mass is 16.2. The molecule has 0 radical (unpaired) electrons. The number of nitrogens with one attached hydrogen (secondary N) is 2. The number of urea groups is 1. The first-order chi connectivity index (χ1) is 13.0. The lowest BCUT2D eigenvalue weighted by Gasteiger charge is -2.25. The van der Waals surface area contributed by atoms with Crippen molar-refractivity contribution in [3.63, 3.8) is 0 Å². The number of nitrogens with zero attached hydrogens (tertiary/aromatic N) is 4. The van der Waals surface area contributed by atoms with Crippen molar-refractivity contribution in [1.29, 1.82) is 0 Å². The molecule has 8 heteroatoms. The molecule has 0 unspecified atom stereocenters. The van der Waals surface area contributed by atoms with Gasteiger partial charge in [-0.25, -0.2) is 9.48 Å². The van der Waals surface area contributed by atoms with Crippen LogP contribution in [0.5, 0.6) is 0 Å².